The van der Waals surface area contributed by atoms with Crippen LogP contribution in [0.1, 0.15) is 46.0 Å². The third-order valence-corrected chi connectivity index (χ3v) is 4.47. The van der Waals surface area contributed by atoms with Crippen LogP contribution in [0.25, 0.3) is 10.9 Å². The fourth-order valence-electron chi connectivity index (χ4n) is 2.73. The van der Waals surface area contributed by atoms with E-state index >= 15 is 0 Å². The van der Waals surface area contributed by atoms with Crippen LogP contribution in [0.3, 0.4) is 0 Å². The normalized spacial score (nSPS) is 10.7. The van der Waals surface area contributed by atoms with E-state index in [0.717, 1.165) is 12.0 Å². The van der Waals surface area contributed by atoms with Crippen LogP contribution in [-0.2, 0) is 11.3 Å². The number of ether oxygens (including phenoxy) is 1. The monoisotopic (exact) mass is 367 g/mol. The second-order valence-corrected chi connectivity index (χ2v) is 6.29. The summed E-state index contributed by atoms with van der Waals surface area (Å²) in [5.41, 5.74) is 2.29. The van der Waals surface area contributed by atoms with Gasteiger partial charge in [0.1, 0.15) is 6.61 Å². The van der Waals surface area contributed by atoms with E-state index in [1.807, 2.05) is 31.2 Å². The molecular formula is C21H18ClNO3. The number of aromatic nitrogens is 1. The quantitative estimate of drug-likeness (QED) is 0.442. The summed E-state index contributed by atoms with van der Waals surface area (Å²) in [6, 6.07) is 14.3. The van der Waals surface area contributed by atoms with Gasteiger partial charge in [-0.3, -0.25) is 9.78 Å². The summed E-state index contributed by atoms with van der Waals surface area (Å²) in [5.74, 6) is -0.420. The summed E-state index contributed by atoms with van der Waals surface area (Å²) < 4.78 is 5.39. The van der Waals surface area contributed by atoms with Crippen LogP contribution in [0.5, 0.6) is 0 Å². The fraction of sp³-hybridized carbons (Fsp3) is 0.190. The number of hydrogen-bond acceptors (Lipinski definition) is 4. The van der Waals surface area contributed by atoms with Gasteiger partial charge in [-0.1, -0.05) is 54.9 Å². The number of esters is 1. The first kappa shape index (κ1) is 18.1. The molecule has 0 aliphatic carbocycles. The molecule has 0 radical (unpaired) electrons. The Balaban J connectivity index is 1.87. The second-order valence-electron chi connectivity index (χ2n) is 5.91. The number of Topliss-reactive ketones (excluding diaryl/α,β-unsaturated/α-hetero) is 1. The molecule has 0 aliphatic rings. The van der Waals surface area contributed by atoms with E-state index in [2.05, 4.69) is 4.98 Å². The highest BCUT2D eigenvalue weighted by atomic mass is 35.5. The van der Waals surface area contributed by atoms with E-state index in [1.54, 1.807) is 24.3 Å². The van der Waals surface area contributed by atoms with Gasteiger partial charge in [-0.2, -0.15) is 0 Å². The van der Waals surface area contributed by atoms with Crippen LogP contribution in [0.2, 0.25) is 5.02 Å². The molecule has 132 valence electrons. The van der Waals surface area contributed by atoms with E-state index < -0.39 is 5.97 Å². The maximum absolute atomic E-state index is 12.2. The van der Waals surface area contributed by atoms with Crippen molar-refractivity contribution in [1.82, 2.24) is 4.98 Å². The van der Waals surface area contributed by atoms with Gasteiger partial charge >= 0.3 is 5.97 Å². The zero-order chi connectivity index (χ0) is 18.5. The molecule has 4 nitrogen and oxygen atoms in total. The molecule has 0 fully saturated rings. The van der Waals surface area contributed by atoms with Crippen molar-refractivity contribution >= 4 is 34.3 Å². The highest BCUT2D eigenvalue weighted by Gasteiger charge is 2.15. The molecule has 0 aliphatic heterocycles. The van der Waals surface area contributed by atoms with Gasteiger partial charge in [-0.25, -0.2) is 4.79 Å². The van der Waals surface area contributed by atoms with Gasteiger partial charge in [-0.15, -0.1) is 0 Å². The predicted octanol–water partition coefficient (Wildman–Crippen LogP) is 5.23. The Morgan fingerprint density at radius 2 is 1.85 bits per heavy atom. The molecule has 3 rings (SSSR count). The maximum Gasteiger partial charge on any atom is 0.338 e. The maximum atomic E-state index is 12.2. The fourth-order valence-corrected chi connectivity index (χ4v) is 3.03. The Kier molecular flexibility index (Phi) is 5.64. The predicted molar refractivity (Wildman–Crippen MR) is 102 cm³/mol. The summed E-state index contributed by atoms with van der Waals surface area (Å²) >= 11 is 6.43. The van der Waals surface area contributed by atoms with Crippen molar-refractivity contribution in [2.24, 2.45) is 0 Å². The van der Waals surface area contributed by atoms with E-state index in [4.69, 9.17) is 16.3 Å². The largest absolute Gasteiger partial charge is 0.457 e. The van der Waals surface area contributed by atoms with Gasteiger partial charge < -0.3 is 4.74 Å². The standard InChI is InChI=1S/C21H18ClNO3/c1-2-7-18(24)17-12-23-20-15(10-6-11-16(20)19(17)22)13-26-21(25)14-8-4-3-5-9-14/h3-6,8-12H,2,7,13H2,1H3. The zero-order valence-corrected chi connectivity index (χ0v) is 15.1. The average Bonchev–Trinajstić information content (AvgIpc) is 2.67. The zero-order valence-electron chi connectivity index (χ0n) is 14.4. The van der Waals surface area contributed by atoms with E-state index in [0.29, 0.717) is 33.5 Å². The van der Waals surface area contributed by atoms with Crippen molar-refractivity contribution < 1.29 is 14.3 Å². The van der Waals surface area contributed by atoms with Crippen LogP contribution < -0.4 is 0 Å². The number of halogens is 1. The third kappa shape index (κ3) is 3.75. The Hall–Kier alpha value is -2.72. The molecule has 1 heterocycles. The summed E-state index contributed by atoms with van der Waals surface area (Å²) in [7, 11) is 0. The lowest BCUT2D eigenvalue weighted by molar-refractivity contribution is 0.0474. The molecule has 3 aromatic rings. The van der Waals surface area contributed by atoms with Gasteiger partial charge in [0, 0.05) is 23.6 Å². The Labute approximate surface area is 156 Å². The van der Waals surface area contributed by atoms with Crippen LogP contribution in [-0.4, -0.2) is 16.7 Å². The lowest BCUT2D eigenvalue weighted by Gasteiger charge is -2.10. The molecule has 0 spiro atoms. The molecule has 1 aromatic heterocycles. The number of para-hydroxylation sites is 1. The van der Waals surface area contributed by atoms with E-state index in [9.17, 15) is 9.59 Å². The second kappa shape index (κ2) is 8.11. The smallest absolute Gasteiger partial charge is 0.338 e. The number of fused-ring (bicyclic) bond motifs is 1. The van der Waals surface area contributed by atoms with Crippen molar-refractivity contribution in [3.05, 3.63) is 76.4 Å². The molecule has 0 atom stereocenters. The minimum atomic E-state index is -0.400. The first-order valence-electron chi connectivity index (χ1n) is 8.43. The van der Waals surface area contributed by atoms with Crippen molar-refractivity contribution in [3.8, 4) is 0 Å². The average molecular weight is 368 g/mol. The number of hydrogen-bond donors (Lipinski definition) is 0. The van der Waals surface area contributed by atoms with Crippen molar-refractivity contribution in [3.63, 3.8) is 0 Å². The number of pyridine rings is 1. The Bertz CT molecular complexity index is 954. The van der Waals surface area contributed by atoms with Gasteiger partial charge in [0.15, 0.2) is 5.78 Å². The van der Waals surface area contributed by atoms with Crippen molar-refractivity contribution in [1.29, 1.82) is 0 Å². The molecule has 0 saturated heterocycles. The number of carbonyl (C=O) groups is 2. The molecule has 0 saturated carbocycles. The number of rotatable bonds is 6. The van der Waals surface area contributed by atoms with Crippen LogP contribution in [0.15, 0.2) is 54.7 Å². The lowest BCUT2D eigenvalue weighted by atomic mass is 10.0. The third-order valence-electron chi connectivity index (χ3n) is 4.06. The molecule has 0 N–H and O–H groups in total. The summed E-state index contributed by atoms with van der Waals surface area (Å²) in [6.07, 6.45) is 2.69. The Morgan fingerprint density at radius 3 is 2.58 bits per heavy atom. The van der Waals surface area contributed by atoms with Gasteiger partial charge in [0.2, 0.25) is 0 Å². The number of ketones is 1. The molecule has 0 bridgehead atoms. The van der Waals surface area contributed by atoms with Gasteiger partial charge in [0.25, 0.3) is 0 Å². The Morgan fingerprint density at radius 1 is 1.08 bits per heavy atom. The van der Waals surface area contributed by atoms with E-state index in [-0.39, 0.29) is 12.4 Å². The minimum absolute atomic E-state index is 0.0205. The van der Waals surface area contributed by atoms with Crippen molar-refractivity contribution in [2.45, 2.75) is 26.4 Å². The summed E-state index contributed by atoms with van der Waals surface area (Å²) in [5, 5.41) is 1.08. The molecule has 5 heteroatoms. The number of carbonyl (C=O) groups excluding carboxylic acids is 2. The summed E-state index contributed by atoms with van der Waals surface area (Å²) in [6.45, 7) is 2.02. The topological polar surface area (TPSA) is 56.3 Å². The van der Waals surface area contributed by atoms with Crippen LogP contribution in [0.4, 0.5) is 0 Å². The van der Waals surface area contributed by atoms with Crippen molar-refractivity contribution in [2.75, 3.05) is 0 Å². The van der Waals surface area contributed by atoms with Crippen LogP contribution in [0, 0.1) is 0 Å². The van der Waals surface area contributed by atoms with Gasteiger partial charge in [0.05, 0.1) is 21.7 Å². The first-order chi connectivity index (χ1) is 12.6. The molecule has 26 heavy (non-hydrogen) atoms. The van der Waals surface area contributed by atoms with E-state index in [1.165, 1.54) is 6.20 Å². The highest BCUT2D eigenvalue weighted by molar-refractivity contribution is 6.38. The minimum Gasteiger partial charge on any atom is -0.457 e. The van der Waals surface area contributed by atoms with Gasteiger partial charge in [-0.05, 0) is 18.6 Å². The first-order valence-corrected chi connectivity index (χ1v) is 8.81. The molecule has 0 amide bonds. The lowest BCUT2D eigenvalue weighted by Crippen LogP contribution is -2.06. The molecule has 2 aromatic carbocycles. The highest BCUT2D eigenvalue weighted by Crippen LogP contribution is 2.29. The SMILES string of the molecule is CCCC(=O)c1cnc2c(COC(=O)c3ccccc3)cccc2c1Cl. The molecule has 0 unspecified atom stereocenters. The summed E-state index contributed by atoms with van der Waals surface area (Å²) in [4.78, 5) is 28.7. The number of benzene rings is 2. The number of nitrogens with zero attached hydrogens (tertiary/aromatic N) is 1. The molecular weight excluding hydrogens is 350 g/mol. The van der Waals surface area contributed by atoms with Crippen LogP contribution >= 0.6 is 11.6 Å².